The van der Waals surface area contributed by atoms with Crippen LogP contribution in [0.4, 0.5) is 0 Å². The van der Waals surface area contributed by atoms with E-state index in [0.29, 0.717) is 5.56 Å². The van der Waals surface area contributed by atoms with Crippen LogP contribution in [0.1, 0.15) is 11.7 Å². The van der Waals surface area contributed by atoms with Gasteiger partial charge in [0.25, 0.3) is 0 Å². The minimum absolute atomic E-state index is 0. The molecular formula is C8H9BrO3. The van der Waals surface area contributed by atoms with E-state index in [1.54, 1.807) is 30.3 Å². The lowest BCUT2D eigenvalue weighted by molar-refractivity contribution is -0.146. The Balaban J connectivity index is 0.00000121. The molecule has 0 bridgehead atoms. The maximum atomic E-state index is 10.2. The molecule has 0 aromatic heterocycles. The van der Waals surface area contributed by atoms with E-state index in [9.17, 15) is 4.79 Å². The van der Waals surface area contributed by atoms with Gasteiger partial charge in [-0.3, -0.25) is 0 Å². The molecule has 0 aliphatic heterocycles. The predicted octanol–water partition coefficient (Wildman–Crippen LogP) is 1.38. The summed E-state index contributed by atoms with van der Waals surface area (Å²) in [4.78, 5) is 10.2. The molecular weight excluding hydrogens is 224 g/mol. The SMILES string of the molecule is Br.O=C(O)C(O)c1ccccc1. The van der Waals surface area contributed by atoms with E-state index >= 15 is 0 Å². The summed E-state index contributed by atoms with van der Waals surface area (Å²) in [5.74, 6) is -1.23. The first-order valence-corrected chi connectivity index (χ1v) is 3.17. The molecule has 12 heavy (non-hydrogen) atoms. The van der Waals surface area contributed by atoms with Crippen LogP contribution in [0.25, 0.3) is 0 Å². The predicted molar refractivity (Wildman–Crippen MR) is 49.4 cm³/mol. The summed E-state index contributed by atoms with van der Waals surface area (Å²) in [6.07, 6.45) is -1.41. The van der Waals surface area contributed by atoms with E-state index in [2.05, 4.69) is 0 Å². The fourth-order valence-corrected chi connectivity index (χ4v) is 0.778. The van der Waals surface area contributed by atoms with Gasteiger partial charge in [0.2, 0.25) is 0 Å². The van der Waals surface area contributed by atoms with Crippen LogP contribution in [0.15, 0.2) is 30.3 Å². The van der Waals surface area contributed by atoms with E-state index in [4.69, 9.17) is 10.2 Å². The van der Waals surface area contributed by atoms with Gasteiger partial charge >= 0.3 is 5.97 Å². The minimum Gasteiger partial charge on any atom is -0.479 e. The van der Waals surface area contributed by atoms with Crippen molar-refractivity contribution in [3.63, 3.8) is 0 Å². The molecule has 0 saturated carbocycles. The van der Waals surface area contributed by atoms with Crippen molar-refractivity contribution in [1.82, 2.24) is 0 Å². The maximum absolute atomic E-state index is 10.2. The third-order valence-electron chi connectivity index (χ3n) is 1.35. The van der Waals surface area contributed by atoms with Crippen molar-refractivity contribution >= 4 is 23.0 Å². The number of benzene rings is 1. The van der Waals surface area contributed by atoms with E-state index < -0.39 is 12.1 Å². The summed E-state index contributed by atoms with van der Waals surface area (Å²) in [5.41, 5.74) is 0.403. The van der Waals surface area contributed by atoms with Gasteiger partial charge in [-0.05, 0) is 5.56 Å². The fourth-order valence-electron chi connectivity index (χ4n) is 0.778. The van der Waals surface area contributed by atoms with Crippen LogP contribution < -0.4 is 0 Å². The molecule has 2 N–H and O–H groups in total. The average molecular weight is 233 g/mol. The summed E-state index contributed by atoms with van der Waals surface area (Å²) < 4.78 is 0. The fraction of sp³-hybridized carbons (Fsp3) is 0.125. The molecule has 0 fully saturated rings. The number of aliphatic carboxylic acids is 1. The Morgan fingerprint density at radius 2 is 1.75 bits per heavy atom. The molecule has 66 valence electrons. The molecule has 1 atom stereocenters. The summed E-state index contributed by atoms with van der Waals surface area (Å²) in [7, 11) is 0. The maximum Gasteiger partial charge on any atom is 0.337 e. The first-order chi connectivity index (χ1) is 5.22. The lowest BCUT2D eigenvalue weighted by atomic mass is 10.1. The van der Waals surface area contributed by atoms with Gasteiger partial charge in [0.1, 0.15) is 0 Å². The minimum atomic E-state index is -1.41. The summed E-state index contributed by atoms with van der Waals surface area (Å²) in [5, 5.41) is 17.4. The van der Waals surface area contributed by atoms with Crippen LogP contribution in [-0.4, -0.2) is 16.2 Å². The quantitative estimate of drug-likeness (QED) is 0.811. The molecule has 0 spiro atoms. The number of carboxylic acid groups (broad SMARTS) is 1. The molecule has 0 heterocycles. The Labute approximate surface area is 80.4 Å². The molecule has 0 aliphatic rings. The number of halogens is 1. The molecule has 1 unspecified atom stereocenters. The Kier molecular flexibility index (Phi) is 4.54. The molecule has 1 rings (SSSR count). The summed E-state index contributed by atoms with van der Waals surface area (Å²) in [6.45, 7) is 0. The van der Waals surface area contributed by atoms with Crippen LogP contribution in [0.3, 0.4) is 0 Å². The van der Waals surface area contributed by atoms with Crippen molar-refractivity contribution in [1.29, 1.82) is 0 Å². The smallest absolute Gasteiger partial charge is 0.337 e. The third kappa shape index (κ3) is 2.64. The van der Waals surface area contributed by atoms with Crippen LogP contribution in [0, 0.1) is 0 Å². The van der Waals surface area contributed by atoms with Crippen molar-refractivity contribution in [3.8, 4) is 0 Å². The van der Waals surface area contributed by atoms with Gasteiger partial charge in [0.15, 0.2) is 6.10 Å². The Morgan fingerprint density at radius 1 is 1.25 bits per heavy atom. The van der Waals surface area contributed by atoms with Crippen molar-refractivity contribution in [3.05, 3.63) is 35.9 Å². The first-order valence-electron chi connectivity index (χ1n) is 3.17. The number of hydrogen-bond acceptors (Lipinski definition) is 2. The second-order valence-corrected chi connectivity index (χ2v) is 2.15. The van der Waals surface area contributed by atoms with Gasteiger partial charge in [-0.2, -0.15) is 0 Å². The van der Waals surface area contributed by atoms with Crippen molar-refractivity contribution in [2.45, 2.75) is 6.10 Å². The molecule has 1 aromatic carbocycles. The van der Waals surface area contributed by atoms with Gasteiger partial charge in [-0.1, -0.05) is 30.3 Å². The van der Waals surface area contributed by atoms with Gasteiger partial charge in [0.05, 0.1) is 0 Å². The summed E-state index contributed by atoms with van der Waals surface area (Å²) >= 11 is 0. The third-order valence-corrected chi connectivity index (χ3v) is 1.35. The van der Waals surface area contributed by atoms with E-state index in [1.807, 2.05) is 0 Å². The van der Waals surface area contributed by atoms with E-state index in [0.717, 1.165) is 0 Å². The average Bonchev–Trinajstić information content (AvgIpc) is 2.05. The Hall–Kier alpha value is -0.870. The highest BCUT2D eigenvalue weighted by Crippen LogP contribution is 2.10. The normalized spacial score (nSPS) is 11.4. The lowest BCUT2D eigenvalue weighted by Crippen LogP contribution is -2.09. The first kappa shape index (κ1) is 11.1. The number of carboxylic acids is 1. The Bertz CT molecular complexity index is 248. The van der Waals surface area contributed by atoms with E-state index in [1.165, 1.54) is 0 Å². The van der Waals surface area contributed by atoms with Crippen molar-refractivity contribution in [2.24, 2.45) is 0 Å². The molecule has 0 saturated heterocycles. The number of aliphatic hydroxyl groups is 1. The van der Waals surface area contributed by atoms with Gasteiger partial charge in [-0.15, -0.1) is 17.0 Å². The summed E-state index contributed by atoms with van der Waals surface area (Å²) in [6, 6.07) is 8.26. The van der Waals surface area contributed by atoms with Gasteiger partial charge in [-0.25, -0.2) is 4.79 Å². The number of carbonyl (C=O) groups is 1. The van der Waals surface area contributed by atoms with Crippen molar-refractivity contribution < 1.29 is 15.0 Å². The second-order valence-electron chi connectivity index (χ2n) is 2.15. The number of aliphatic hydroxyl groups excluding tert-OH is 1. The van der Waals surface area contributed by atoms with Crippen molar-refractivity contribution in [2.75, 3.05) is 0 Å². The number of hydrogen-bond donors (Lipinski definition) is 2. The highest BCUT2D eigenvalue weighted by molar-refractivity contribution is 8.93. The molecule has 0 amide bonds. The molecule has 0 radical (unpaired) electrons. The molecule has 3 nitrogen and oxygen atoms in total. The van der Waals surface area contributed by atoms with E-state index in [-0.39, 0.29) is 17.0 Å². The highest BCUT2D eigenvalue weighted by Gasteiger charge is 2.14. The standard InChI is InChI=1S/C8H8O3.BrH/c9-7(8(10)11)6-4-2-1-3-5-6;/h1-5,7,9H,(H,10,11);1H. The van der Waals surface area contributed by atoms with Gasteiger partial charge < -0.3 is 10.2 Å². The molecule has 1 aromatic rings. The highest BCUT2D eigenvalue weighted by atomic mass is 79.9. The second kappa shape index (κ2) is 4.90. The van der Waals surface area contributed by atoms with Crippen LogP contribution >= 0.6 is 17.0 Å². The zero-order valence-corrected chi connectivity index (χ0v) is 7.89. The zero-order chi connectivity index (χ0) is 8.27. The Morgan fingerprint density at radius 3 is 2.17 bits per heavy atom. The van der Waals surface area contributed by atoms with Gasteiger partial charge in [0, 0.05) is 0 Å². The van der Waals surface area contributed by atoms with Crippen LogP contribution in [0.5, 0.6) is 0 Å². The van der Waals surface area contributed by atoms with Crippen LogP contribution in [0.2, 0.25) is 0 Å². The molecule has 4 heteroatoms. The monoisotopic (exact) mass is 232 g/mol. The molecule has 0 aliphatic carbocycles. The topological polar surface area (TPSA) is 57.5 Å². The zero-order valence-electron chi connectivity index (χ0n) is 6.18. The largest absolute Gasteiger partial charge is 0.479 e. The lowest BCUT2D eigenvalue weighted by Gasteiger charge is -2.03. The number of rotatable bonds is 2. The van der Waals surface area contributed by atoms with Crippen LogP contribution in [-0.2, 0) is 4.79 Å².